The Morgan fingerprint density at radius 1 is 1.07 bits per heavy atom. The fourth-order valence-corrected chi connectivity index (χ4v) is 3.22. The largest absolute Gasteiger partial charge is 0.497 e. The number of hydrogen-bond donors (Lipinski definition) is 1. The lowest BCUT2D eigenvalue weighted by Crippen LogP contribution is -2.38. The summed E-state index contributed by atoms with van der Waals surface area (Å²) in [6, 6.07) is 14.5. The number of ether oxygens (including phenoxy) is 1. The average molecular weight is 366 g/mol. The van der Waals surface area contributed by atoms with Crippen LogP contribution in [0.25, 0.3) is 0 Å². The Balaban J connectivity index is 1.61. The number of carbonyl (C=O) groups excluding carboxylic acids is 2. The maximum atomic E-state index is 12.7. The molecule has 1 fully saturated rings. The monoisotopic (exact) mass is 366 g/mol. The summed E-state index contributed by atoms with van der Waals surface area (Å²) in [5.41, 5.74) is 2.06. The number of piperidine rings is 1. The van der Waals surface area contributed by atoms with Crippen molar-refractivity contribution in [3.05, 3.63) is 65.2 Å². The first-order chi connectivity index (χ1) is 13.1. The summed E-state index contributed by atoms with van der Waals surface area (Å²) in [6.45, 7) is 4.21. The van der Waals surface area contributed by atoms with Crippen molar-refractivity contribution in [2.75, 3.05) is 20.2 Å². The van der Waals surface area contributed by atoms with Crippen LogP contribution in [0.4, 0.5) is 0 Å². The minimum Gasteiger partial charge on any atom is -0.497 e. The number of nitrogens with zero attached hydrogens (tertiary/aromatic N) is 1. The van der Waals surface area contributed by atoms with Crippen LogP contribution in [0, 0.1) is 5.92 Å². The molecule has 0 radical (unpaired) electrons. The Morgan fingerprint density at radius 3 is 2.41 bits per heavy atom. The molecular weight excluding hydrogens is 340 g/mol. The Labute approximate surface area is 160 Å². The average Bonchev–Trinajstić information content (AvgIpc) is 2.72. The van der Waals surface area contributed by atoms with E-state index in [2.05, 4.69) is 12.2 Å². The van der Waals surface area contributed by atoms with Crippen LogP contribution in [-0.2, 0) is 6.54 Å². The van der Waals surface area contributed by atoms with Crippen LogP contribution in [0.5, 0.6) is 5.75 Å². The smallest absolute Gasteiger partial charge is 0.253 e. The number of nitrogens with one attached hydrogen (secondary N) is 1. The maximum Gasteiger partial charge on any atom is 0.253 e. The zero-order valence-corrected chi connectivity index (χ0v) is 15.9. The Bertz CT molecular complexity index is 793. The third-order valence-electron chi connectivity index (χ3n) is 5.05. The van der Waals surface area contributed by atoms with Gasteiger partial charge in [-0.3, -0.25) is 9.59 Å². The van der Waals surface area contributed by atoms with Crippen LogP contribution in [0.1, 0.15) is 46.0 Å². The van der Waals surface area contributed by atoms with Crippen LogP contribution in [0.3, 0.4) is 0 Å². The molecule has 1 saturated heterocycles. The lowest BCUT2D eigenvalue weighted by molar-refractivity contribution is 0.0697. The van der Waals surface area contributed by atoms with Crippen molar-refractivity contribution in [2.24, 2.45) is 5.92 Å². The van der Waals surface area contributed by atoms with Gasteiger partial charge in [0.15, 0.2) is 0 Å². The van der Waals surface area contributed by atoms with Gasteiger partial charge in [0.1, 0.15) is 5.75 Å². The van der Waals surface area contributed by atoms with Gasteiger partial charge in [-0.1, -0.05) is 25.1 Å². The van der Waals surface area contributed by atoms with Gasteiger partial charge < -0.3 is 15.0 Å². The molecule has 2 aromatic carbocycles. The molecule has 27 heavy (non-hydrogen) atoms. The first-order valence-electron chi connectivity index (χ1n) is 9.37. The zero-order chi connectivity index (χ0) is 19.2. The molecule has 0 aromatic heterocycles. The maximum absolute atomic E-state index is 12.7. The molecule has 1 aliphatic heterocycles. The summed E-state index contributed by atoms with van der Waals surface area (Å²) in [6.07, 6.45) is 2.07. The van der Waals surface area contributed by atoms with Gasteiger partial charge in [-0.15, -0.1) is 0 Å². The van der Waals surface area contributed by atoms with Gasteiger partial charge in [-0.2, -0.15) is 0 Å². The molecule has 0 saturated carbocycles. The van der Waals surface area contributed by atoms with Gasteiger partial charge in [0.05, 0.1) is 7.11 Å². The van der Waals surface area contributed by atoms with E-state index in [1.165, 1.54) is 0 Å². The van der Waals surface area contributed by atoms with Gasteiger partial charge >= 0.3 is 0 Å². The predicted molar refractivity (Wildman–Crippen MR) is 105 cm³/mol. The van der Waals surface area contributed by atoms with Crippen LogP contribution >= 0.6 is 0 Å². The van der Waals surface area contributed by atoms with Gasteiger partial charge in [0, 0.05) is 30.8 Å². The van der Waals surface area contributed by atoms with E-state index in [0.29, 0.717) is 23.6 Å². The van der Waals surface area contributed by atoms with E-state index in [4.69, 9.17) is 4.74 Å². The molecular formula is C22H26N2O3. The molecule has 0 unspecified atom stereocenters. The molecule has 1 aliphatic rings. The van der Waals surface area contributed by atoms with Crippen LogP contribution in [0.15, 0.2) is 48.5 Å². The van der Waals surface area contributed by atoms with Crippen LogP contribution < -0.4 is 10.1 Å². The van der Waals surface area contributed by atoms with E-state index in [1.54, 1.807) is 31.4 Å². The lowest BCUT2D eigenvalue weighted by atomic mass is 9.98. The van der Waals surface area contributed by atoms with Crippen molar-refractivity contribution in [1.82, 2.24) is 10.2 Å². The minimum atomic E-state index is -0.187. The molecule has 1 heterocycles. The van der Waals surface area contributed by atoms with Crippen molar-refractivity contribution < 1.29 is 14.3 Å². The van der Waals surface area contributed by atoms with Gasteiger partial charge in [-0.25, -0.2) is 0 Å². The SMILES string of the molecule is COc1ccc(CNC(=O)c2cccc(C(=O)N3CCC(C)CC3)c2)cc1. The van der Waals surface area contributed by atoms with Gasteiger partial charge in [0.25, 0.3) is 11.8 Å². The predicted octanol–water partition coefficient (Wildman–Crippen LogP) is 3.50. The number of amides is 2. The number of likely N-dealkylation sites (tertiary alicyclic amines) is 1. The molecule has 2 aromatic rings. The quantitative estimate of drug-likeness (QED) is 0.881. The second-order valence-electron chi connectivity index (χ2n) is 7.09. The third kappa shape index (κ3) is 4.88. The van der Waals surface area contributed by atoms with E-state index in [1.807, 2.05) is 29.2 Å². The standard InChI is InChI=1S/C22H26N2O3/c1-16-10-12-24(13-11-16)22(26)19-5-3-4-18(14-19)21(25)23-15-17-6-8-20(27-2)9-7-17/h3-9,14,16H,10-13,15H2,1-2H3,(H,23,25). The molecule has 0 bridgehead atoms. The van der Waals surface area contributed by atoms with E-state index in [-0.39, 0.29) is 11.8 Å². The highest BCUT2D eigenvalue weighted by Crippen LogP contribution is 2.19. The molecule has 0 spiro atoms. The third-order valence-corrected chi connectivity index (χ3v) is 5.05. The number of carbonyl (C=O) groups is 2. The molecule has 5 nitrogen and oxygen atoms in total. The van der Waals surface area contributed by atoms with E-state index >= 15 is 0 Å². The number of hydrogen-bond acceptors (Lipinski definition) is 3. The van der Waals surface area contributed by atoms with Gasteiger partial charge in [0.2, 0.25) is 0 Å². The molecule has 1 N–H and O–H groups in total. The van der Waals surface area contributed by atoms with Crippen LogP contribution in [0.2, 0.25) is 0 Å². The van der Waals surface area contributed by atoms with Crippen molar-refractivity contribution in [1.29, 1.82) is 0 Å². The molecule has 5 heteroatoms. The molecule has 0 aliphatic carbocycles. The number of methoxy groups -OCH3 is 1. The zero-order valence-electron chi connectivity index (χ0n) is 15.9. The van der Waals surface area contributed by atoms with E-state index < -0.39 is 0 Å². The van der Waals surface area contributed by atoms with Crippen molar-refractivity contribution >= 4 is 11.8 Å². The fourth-order valence-electron chi connectivity index (χ4n) is 3.22. The van der Waals surface area contributed by atoms with Crippen molar-refractivity contribution in [3.8, 4) is 5.75 Å². The molecule has 0 atom stereocenters. The Morgan fingerprint density at radius 2 is 1.74 bits per heavy atom. The number of benzene rings is 2. The van der Waals surface area contributed by atoms with E-state index in [9.17, 15) is 9.59 Å². The molecule has 142 valence electrons. The summed E-state index contributed by atoms with van der Waals surface area (Å²) in [4.78, 5) is 27.1. The summed E-state index contributed by atoms with van der Waals surface area (Å²) in [5, 5.41) is 2.90. The number of rotatable bonds is 5. The van der Waals surface area contributed by atoms with Gasteiger partial charge in [-0.05, 0) is 54.7 Å². The fraction of sp³-hybridized carbons (Fsp3) is 0.364. The van der Waals surface area contributed by atoms with E-state index in [0.717, 1.165) is 37.2 Å². The summed E-state index contributed by atoms with van der Waals surface area (Å²) in [7, 11) is 1.62. The highest BCUT2D eigenvalue weighted by Gasteiger charge is 2.22. The van der Waals surface area contributed by atoms with Crippen molar-refractivity contribution in [2.45, 2.75) is 26.3 Å². The first-order valence-corrected chi connectivity index (χ1v) is 9.37. The minimum absolute atomic E-state index is 0.00621. The van der Waals surface area contributed by atoms with Crippen LogP contribution in [-0.4, -0.2) is 36.9 Å². The highest BCUT2D eigenvalue weighted by atomic mass is 16.5. The second kappa shape index (κ2) is 8.71. The lowest BCUT2D eigenvalue weighted by Gasteiger charge is -2.30. The van der Waals surface area contributed by atoms with Crippen molar-refractivity contribution in [3.63, 3.8) is 0 Å². The summed E-state index contributed by atoms with van der Waals surface area (Å²) in [5.74, 6) is 1.27. The molecule has 3 rings (SSSR count). The Hall–Kier alpha value is -2.82. The first kappa shape index (κ1) is 19.0. The molecule has 2 amide bonds. The Kier molecular flexibility index (Phi) is 6.12. The summed E-state index contributed by atoms with van der Waals surface area (Å²) >= 11 is 0. The topological polar surface area (TPSA) is 58.6 Å². The summed E-state index contributed by atoms with van der Waals surface area (Å²) < 4.78 is 5.13. The normalized spacial score (nSPS) is 14.7. The second-order valence-corrected chi connectivity index (χ2v) is 7.09. The highest BCUT2D eigenvalue weighted by molar-refractivity contribution is 5.99.